The molecule has 4 aromatic rings. The number of hydrogen-bond donors (Lipinski definition) is 0. The predicted molar refractivity (Wildman–Crippen MR) is 136 cm³/mol. The van der Waals surface area contributed by atoms with E-state index in [4.69, 9.17) is 9.15 Å². The van der Waals surface area contributed by atoms with Gasteiger partial charge < -0.3 is 9.15 Å². The first-order valence-corrected chi connectivity index (χ1v) is 13.9. The Balaban J connectivity index is 1.22. The number of Topliss-reactive ketones (excluding diaryl/α,β-unsaturated/α-hetero) is 1. The fourth-order valence-electron chi connectivity index (χ4n) is 4.69. The Bertz CT molecular complexity index is 1650. The summed E-state index contributed by atoms with van der Waals surface area (Å²) in [6, 6.07) is 13.3. The Morgan fingerprint density at radius 3 is 2.70 bits per heavy atom. The molecule has 1 saturated heterocycles. The highest BCUT2D eigenvalue weighted by Gasteiger charge is 2.40. The molecule has 0 N–H and O–H groups in total. The summed E-state index contributed by atoms with van der Waals surface area (Å²) in [6.45, 7) is 0.0653. The van der Waals surface area contributed by atoms with Crippen LogP contribution in [0.15, 0.2) is 76.4 Å². The molecule has 3 heterocycles. The number of ether oxygens (including phenoxy) is 1. The van der Waals surface area contributed by atoms with Gasteiger partial charge in [0.15, 0.2) is 5.78 Å². The molecule has 12 heteroatoms. The number of pyridine rings is 1. The van der Waals surface area contributed by atoms with E-state index in [1.807, 2.05) is 0 Å². The quantitative estimate of drug-likeness (QED) is 0.230. The molecule has 210 valence electrons. The number of rotatable bonds is 9. The van der Waals surface area contributed by atoms with E-state index in [-0.39, 0.29) is 36.0 Å². The van der Waals surface area contributed by atoms with E-state index in [0.717, 1.165) is 22.1 Å². The van der Waals surface area contributed by atoms with Crippen molar-refractivity contribution in [1.29, 1.82) is 0 Å². The summed E-state index contributed by atoms with van der Waals surface area (Å²) in [5.74, 6) is -0.346. The van der Waals surface area contributed by atoms with Crippen molar-refractivity contribution in [2.45, 2.75) is 49.6 Å². The lowest BCUT2D eigenvalue weighted by Gasteiger charge is -2.21. The first-order valence-electron chi connectivity index (χ1n) is 12.5. The smallest absolute Gasteiger partial charge is 0.433 e. The molecule has 0 radical (unpaired) electrons. The third-order valence-corrected chi connectivity index (χ3v) is 8.44. The summed E-state index contributed by atoms with van der Waals surface area (Å²) in [7, 11) is -4.11. The van der Waals surface area contributed by atoms with Crippen LogP contribution in [0.1, 0.15) is 36.1 Å². The molecule has 0 amide bonds. The minimum atomic E-state index is -4.55. The van der Waals surface area contributed by atoms with Gasteiger partial charge in [-0.05, 0) is 72.9 Å². The van der Waals surface area contributed by atoms with Gasteiger partial charge in [0.1, 0.15) is 29.5 Å². The number of aromatic nitrogens is 1. The summed E-state index contributed by atoms with van der Waals surface area (Å²) >= 11 is 0. The Kier molecular flexibility index (Phi) is 7.65. The molecule has 1 aliphatic heterocycles. The highest BCUT2D eigenvalue weighted by atomic mass is 32.2. The van der Waals surface area contributed by atoms with Gasteiger partial charge in [0.05, 0.1) is 6.04 Å². The Labute approximate surface area is 227 Å². The molecule has 1 unspecified atom stereocenters. The maximum atomic E-state index is 13.5. The molecule has 0 spiro atoms. The lowest BCUT2D eigenvalue weighted by atomic mass is 10.0. The van der Waals surface area contributed by atoms with Crippen molar-refractivity contribution < 1.29 is 39.9 Å². The van der Waals surface area contributed by atoms with Gasteiger partial charge in [-0.3, -0.25) is 9.78 Å². The highest BCUT2D eigenvalue weighted by Crippen LogP contribution is 2.32. The molecule has 0 saturated carbocycles. The molecule has 40 heavy (non-hydrogen) atoms. The number of nitrogens with zero attached hydrogens (tertiary/aromatic N) is 2. The SMILES string of the molecule is O=C(CCc1cccc(OCc2ccnc(C(F)(F)F)c2)c1)C1CCCN1S(=O)(=O)c1cc2cc(F)ccc2o1. The monoisotopic (exact) mass is 576 g/mol. The molecule has 2 aromatic carbocycles. The summed E-state index contributed by atoms with van der Waals surface area (Å²) in [5, 5.41) is -0.0262. The average Bonchev–Trinajstić information content (AvgIpc) is 3.59. The van der Waals surface area contributed by atoms with Gasteiger partial charge in [-0.25, -0.2) is 12.8 Å². The van der Waals surface area contributed by atoms with Crippen molar-refractivity contribution in [3.8, 4) is 5.75 Å². The first kappa shape index (κ1) is 27.8. The van der Waals surface area contributed by atoms with E-state index < -0.39 is 33.8 Å². The zero-order valence-electron chi connectivity index (χ0n) is 21.0. The fourth-order valence-corrected chi connectivity index (χ4v) is 6.32. The van der Waals surface area contributed by atoms with Gasteiger partial charge in [-0.2, -0.15) is 17.5 Å². The number of furan rings is 1. The molecule has 2 aromatic heterocycles. The molecule has 1 aliphatic rings. The van der Waals surface area contributed by atoms with Crippen molar-refractivity contribution in [2.75, 3.05) is 6.54 Å². The van der Waals surface area contributed by atoms with Crippen molar-refractivity contribution >= 4 is 26.8 Å². The number of halogens is 4. The van der Waals surface area contributed by atoms with Crippen LogP contribution in [0.5, 0.6) is 5.75 Å². The second-order valence-corrected chi connectivity index (χ2v) is 11.3. The number of benzene rings is 2. The number of aryl methyl sites for hydroxylation is 1. The van der Waals surface area contributed by atoms with Gasteiger partial charge >= 0.3 is 6.18 Å². The van der Waals surface area contributed by atoms with E-state index >= 15 is 0 Å². The molecule has 0 bridgehead atoms. The third-order valence-electron chi connectivity index (χ3n) is 6.67. The Hall–Kier alpha value is -3.77. The van der Waals surface area contributed by atoms with Gasteiger partial charge in [0, 0.05) is 30.6 Å². The minimum absolute atomic E-state index is 0.0742. The standard InChI is InChI=1S/C28H24F4N2O5S/c29-21-7-9-25-20(15-21)16-27(39-25)40(36,37)34-12-2-5-23(34)24(35)8-6-18-3-1-4-22(13-18)38-17-19-10-11-33-26(14-19)28(30,31)32/h1,3-4,7,9-11,13-16,23H,2,5-6,8,12,17H2. The van der Waals surface area contributed by atoms with E-state index in [1.54, 1.807) is 24.3 Å². The number of alkyl halides is 3. The first-order chi connectivity index (χ1) is 19.0. The maximum absolute atomic E-state index is 13.5. The van der Waals surface area contributed by atoms with Gasteiger partial charge in [-0.1, -0.05) is 12.1 Å². The van der Waals surface area contributed by atoms with Crippen LogP contribution >= 0.6 is 0 Å². The summed E-state index contributed by atoms with van der Waals surface area (Å²) in [4.78, 5) is 16.4. The van der Waals surface area contributed by atoms with Gasteiger partial charge in [0.2, 0.25) is 5.09 Å². The number of sulfonamides is 1. The predicted octanol–water partition coefficient (Wildman–Crippen LogP) is 5.92. The van der Waals surface area contributed by atoms with E-state index in [2.05, 4.69) is 4.98 Å². The number of fused-ring (bicyclic) bond motifs is 1. The summed E-state index contributed by atoms with van der Waals surface area (Å²) in [6.07, 6.45) is -2.20. The Morgan fingerprint density at radius 1 is 1.07 bits per heavy atom. The van der Waals surface area contributed by atoms with Crippen LogP contribution in [0.4, 0.5) is 17.6 Å². The van der Waals surface area contributed by atoms with E-state index in [0.29, 0.717) is 36.0 Å². The summed E-state index contributed by atoms with van der Waals surface area (Å²) < 4.78 is 91.1. The largest absolute Gasteiger partial charge is 0.489 e. The Morgan fingerprint density at radius 2 is 1.90 bits per heavy atom. The number of hydrogen-bond acceptors (Lipinski definition) is 6. The third kappa shape index (κ3) is 6.02. The van der Waals surface area contributed by atoms with Crippen molar-refractivity contribution in [2.24, 2.45) is 0 Å². The van der Waals surface area contributed by atoms with Crippen LogP contribution in [0.2, 0.25) is 0 Å². The number of ketones is 1. The minimum Gasteiger partial charge on any atom is -0.489 e. The molecular formula is C28H24F4N2O5S. The van der Waals surface area contributed by atoms with Crippen molar-refractivity contribution in [3.05, 3.63) is 89.5 Å². The van der Waals surface area contributed by atoms with E-state index in [1.165, 1.54) is 30.3 Å². The fraction of sp³-hybridized carbons (Fsp3) is 0.286. The van der Waals surface area contributed by atoms with Crippen LogP contribution in [0.25, 0.3) is 11.0 Å². The zero-order chi connectivity index (χ0) is 28.5. The van der Waals surface area contributed by atoms with Crippen molar-refractivity contribution in [1.82, 2.24) is 9.29 Å². The summed E-state index contributed by atoms with van der Waals surface area (Å²) in [5.41, 5.74) is 0.287. The molecule has 1 atom stereocenters. The van der Waals surface area contributed by atoms with E-state index in [9.17, 15) is 30.8 Å². The second kappa shape index (κ2) is 11.0. The van der Waals surface area contributed by atoms with Gasteiger partial charge in [-0.15, -0.1) is 0 Å². The van der Waals surface area contributed by atoms with Crippen LogP contribution in [-0.4, -0.2) is 36.1 Å². The molecular weight excluding hydrogens is 552 g/mol. The average molecular weight is 577 g/mol. The lowest BCUT2D eigenvalue weighted by molar-refractivity contribution is -0.141. The van der Waals surface area contributed by atoms with Gasteiger partial charge in [0.25, 0.3) is 10.0 Å². The lowest BCUT2D eigenvalue weighted by Crippen LogP contribution is -2.40. The topological polar surface area (TPSA) is 89.7 Å². The van der Waals surface area contributed by atoms with Crippen LogP contribution in [0, 0.1) is 5.82 Å². The molecule has 0 aliphatic carbocycles. The zero-order valence-corrected chi connectivity index (χ0v) is 21.8. The second-order valence-electron chi connectivity index (χ2n) is 9.47. The van der Waals surface area contributed by atoms with Crippen LogP contribution < -0.4 is 4.74 Å². The van der Waals surface area contributed by atoms with Crippen LogP contribution in [0.3, 0.4) is 0 Å². The number of carbonyl (C=O) groups excluding carboxylic acids is 1. The highest BCUT2D eigenvalue weighted by molar-refractivity contribution is 7.89. The molecule has 5 rings (SSSR count). The normalized spacial score (nSPS) is 16.4. The maximum Gasteiger partial charge on any atom is 0.433 e. The number of carbonyl (C=O) groups is 1. The van der Waals surface area contributed by atoms with Crippen LogP contribution in [-0.2, 0) is 34.0 Å². The molecule has 7 nitrogen and oxygen atoms in total. The molecule has 1 fully saturated rings. The van der Waals surface area contributed by atoms with Crippen molar-refractivity contribution in [3.63, 3.8) is 0 Å².